The van der Waals surface area contributed by atoms with Crippen LogP contribution in [0.15, 0.2) is 53.4 Å². The van der Waals surface area contributed by atoms with E-state index < -0.39 is 14.9 Å². The van der Waals surface area contributed by atoms with Gasteiger partial charge in [0, 0.05) is 44.5 Å². The van der Waals surface area contributed by atoms with Gasteiger partial charge in [-0.3, -0.25) is 19.7 Å². The van der Waals surface area contributed by atoms with Crippen LogP contribution in [0.3, 0.4) is 0 Å². The molecule has 0 spiro atoms. The first-order valence-electron chi connectivity index (χ1n) is 8.85. The van der Waals surface area contributed by atoms with Crippen LogP contribution >= 0.6 is 0 Å². The van der Waals surface area contributed by atoms with Gasteiger partial charge in [0.05, 0.1) is 16.4 Å². The Hall–Kier alpha value is -2.69. The molecule has 1 saturated heterocycles. The van der Waals surface area contributed by atoms with Crippen molar-refractivity contribution in [2.24, 2.45) is 0 Å². The van der Waals surface area contributed by atoms with Crippen LogP contribution in [0, 0.1) is 10.1 Å². The highest BCUT2D eigenvalue weighted by Gasteiger charge is 2.26. The maximum atomic E-state index is 12.6. The van der Waals surface area contributed by atoms with Crippen molar-refractivity contribution in [2.75, 3.05) is 49.0 Å². The number of β-amino-alcohol motifs (C(OH)–C–C–N with tert-alkyl or cyclic N) is 1. The Bertz CT molecular complexity index is 928. The summed E-state index contributed by atoms with van der Waals surface area (Å²) in [6, 6.07) is 12.3. The van der Waals surface area contributed by atoms with Crippen molar-refractivity contribution in [1.29, 1.82) is 0 Å². The molecular formula is C18H22N4O5S. The van der Waals surface area contributed by atoms with Crippen molar-refractivity contribution in [3.8, 4) is 0 Å². The molecule has 1 heterocycles. The first-order valence-corrected chi connectivity index (χ1v) is 10.3. The molecule has 2 N–H and O–H groups in total. The van der Waals surface area contributed by atoms with Crippen LogP contribution in [-0.4, -0.2) is 62.7 Å². The number of aliphatic hydroxyl groups is 1. The van der Waals surface area contributed by atoms with E-state index in [0.29, 0.717) is 44.1 Å². The predicted octanol–water partition coefficient (Wildman–Crippen LogP) is 1.51. The number of nitrogens with one attached hydrogen (secondary N) is 1. The van der Waals surface area contributed by atoms with E-state index >= 15 is 0 Å². The summed E-state index contributed by atoms with van der Waals surface area (Å²) in [6.07, 6.45) is 0. The molecule has 10 heteroatoms. The number of sulfonamides is 1. The maximum absolute atomic E-state index is 12.6. The molecule has 0 atom stereocenters. The van der Waals surface area contributed by atoms with Gasteiger partial charge in [-0.2, -0.15) is 0 Å². The Morgan fingerprint density at radius 3 is 2.36 bits per heavy atom. The SMILES string of the molecule is O=[N+]([O-])c1cc(S(=O)(=O)Nc2ccccc2)ccc1N1CCN(CCO)CC1. The van der Waals surface area contributed by atoms with Crippen LogP contribution in [0.4, 0.5) is 17.1 Å². The minimum atomic E-state index is -3.94. The molecule has 2 aromatic rings. The lowest BCUT2D eigenvalue weighted by Crippen LogP contribution is -2.47. The quantitative estimate of drug-likeness (QED) is 0.529. The highest BCUT2D eigenvalue weighted by Crippen LogP contribution is 2.32. The fourth-order valence-corrected chi connectivity index (χ4v) is 4.24. The Kier molecular flexibility index (Phi) is 6.12. The molecule has 1 fully saturated rings. The van der Waals surface area contributed by atoms with E-state index in [1.807, 2.05) is 4.90 Å². The number of nitrogens with zero attached hydrogens (tertiary/aromatic N) is 3. The average Bonchev–Trinajstić information content (AvgIpc) is 2.69. The van der Waals surface area contributed by atoms with Gasteiger partial charge < -0.3 is 10.0 Å². The normalized spacial score (nSPS) is 15.4. The van der Waals surface area contributed by atoms with Crippen molar-refractivity contribution >= 4 is 27.1 Å². The van der Waals surface area contributed by atoms with Gasteiger partial charge in [0.15, 0.2) is 0 Å². The topological polar surface area (TPSA) is 116 Å². The number of benzene rings is 2. The Labute approximate surface area is 163 Å². The number of piperazine rings is 1. The van der Waals surface area contributed by atoms with Gasteiger partial charge in [0.2, 0.25) is 0 Å². The third-order valence-electron chi connectivity index (χ3n) is 4.61. The molecule has 150 valence electrons. The molecule has 3 rings (SSSR count). The summed E-state index contributed by atoms with van der Waals surface area (Å²) in [5.41, 5.74) is 0.535. The molecule has 28 heavy (non-hydrogen) atoms. The molecule has 0 unspecified atom stereocenters. The van der Waals surface area contributed by atoms with Crippen molar-refractivity contribution in [2.45, 2.75) is 4.90 Å². The third kappa shape index (κ3) is 4.58. The predicted molar refractivity (Wildman–Crippen MR) is 106 cm³/mol. The number of nitro groups is 1. The third-order valence-corrected chi connectivity index (χ3v) is 5.99. The number of hydrogen-bond acceptors (Lipinski definition) is 7. The Balaban J connectivity index is 1.84. The minimum absolute atomic E-state index is 0.0706. The zero-order chi connectivity index (χ0) is 20.1. The number of nitro benzene ring substituents is 1. The minimum Gasteiger partial charge on any atom is -0.395 e. The van der Waals surface area contributed by atoms with Crippen molar-refractivity contribution in [3.63, 3.8) is 0 Å². The fourth-order valence-electron chi connectivity index (χ4n) is 3.16. The standard InChI is InChI=1S/C18H22N4O5S/c23-13-12-20-8-10-21(11-9-20)17-7-6-16(14-18(17)22(24)25)28(26,27)19-15-4-2-1-3-5-15/h1-7,14,19,23H,8-13H2. The molecule has 0 radical (unpaired) electrons. The summed E-state index contributed by atoms with van der Waals surface area (Å²) >= 11 is 0. The van der Waals surface area contributed by atoms with E-state index in [2.05, 4.69) is 9.62 Å². The van der Waals surface area contributed by atoms with Gasteiger partial charge in [-0.25, -0.2) is 8.42 Å². The largest absolute Gasteiger partial charge is 0.395 e. The average molecular weight is 406 g/mol. The number of para-hydroxylation sites is 1. The number of rotatable bonds is 7. The molecular weight excluding hydrogens is 384 g/mol. The fraction of sp³-hybridized carbons (Fsp3) is 0.333. The smallest absolute Gasteiger partial charge is 0.293 e. The van der Waals surface area contributed by atoms with Gasteiger partial charge in [-0.15, -0.1) is 0 Å². The van der Waals surface area contributed by atoms with E-state index in [4.69, 9.17) is 5.11 Å². The summed E-state index contributed by atoms with van der Waals surface area (Å²) in [5.74, 6) is 0. The van der Waals surface area contributed by atoms with E-state index in [1.54, 1.807) is 30.3 Å². The van der Waals surface area contributed by atoms with Crippen LogP contribution in [0.25, 0.3) is 0 Å². The highest BCUT2D eigenvalue weighted by molar-refractivity contribution is 7.92. The molecule has 0 amide bonds. The summed E-state index contributed by atoms with van der Waals surface area (Å²) < 4.78 is 27.6. The summed E-state index contributed by atoms with van der Waals surface area (Å²) in [7, 11) is -3.94. The lowest BCUT2D eigenvalue weighted by Gasteiger charge is -2.35. The maximum Gasteiger partial charge on any atom is 0.293 e. The Morgan fingerprint density at radius 1 is 1.07 bits per heavy atom. The molecule has 0 bridgehead atoms. The van der Waals surface area contributed by atoms with Crippen LogP contribution in [-0.2, 0) is 10.0 Å². The monoisotopic (exact) mass is 406 g/mol. The van der Waals surface area contributed by atoms with E-state index in [1.165, 1.54) is 12.1 Å². The molecule has 0 aromatic heterocycles. The van der Waals surface area contributed by atoms with Gasteiger partial charge in [0.25, 0.3) is 15.7 Å². The second kappa shape index (κ2) is 8.55. The first kappa shape index (κ1) is 20.1. The lowest BCUT2D eigenvalue weighted by atomic mass is 10.2. The zero-order valence-corrected chi connectivity index (χ0v) is 16.0. The van der Waals surface area contributed by atoms with Crippen LogP contribution in [0.2, 0.25) is 0 Å². The first-order chi connectivity index (χ1) is 13.4. The van der Waals surface area contributed by atoms with Crippen LogP contribution < -0.4 is 9.62 Å². The number of aliphatic hydroxyl groups excluding tert-OH is 1. The molecule has 1 aliphatic heterocycles. The summed E-state index contributed by atoms with van der Waals surface area (Å²) in [6.45, 7) is 3.12. The van der Waals surface area contributed by atoms with Gasteiger partial charge in [0.1, 0.15) is 5.69 Å². The summed E-state index contributed by atoms with van der Waals surface area (Å²) in [4.78, 5) is 14.8. The zero-order valence-electron chi connectivity index (χ0n) is 15.2. The van der Waals surface area contributed by atoms with E-state index in [9.17, 15) is 18.5 Å². The second-order valence-corrected chi connectivity index (χ2v) is 8.11. The van der Waals surface area contributed by atoms with Crippen molar-refractivity contribution < 1.29 is 18.4 Å². The van der Waals surface area contributed by atoms with Gasteiger partial charge >= 0.3 is 0 Å². The van der Waals surface area contributed by atoms with Crippen molar-refractivity contribution in [3.05, 3.63) is 58.6 Å². The molecule has 1 aliphatic rings. The number of hydrogen-bond donors (Lipinski definition) is 2. The lowest BCUT2D eigenvalue weighted by molar-refractivity contribution is -0.384. The van der Waals surface area contributed by atoms with E-state index in [0.717, 1.165) is 6.07 Å². The molecule has 2 aromatic carbocycles. The molecule has 9 nitrogen and oxygen atoms in total. The summed E-state index contributed by atoms with van der Waals surface area (Å²) in [5, 5.41) is 20.6. The second-order valence-electron chi connectivity index (χ2n) is 6.43. The van der Waals surface area contributed by atoms with Gasteiger partial charge in [-0.05, 0) is 24.3 Å². The number of anilines is 2. The van der Waals surface area contributed by atoms with E-state index in [-0.39, 0.29) is 17.2 Å². The van der Waals surface area contributed by atoms with Gasteiger partial charge in [-0.1, -0.05) is 18.2 Å². The molecule has 0 saturated carbocycles. The van der Waals surface area contributed by atoms with Crippen LogP contribution in [0.1, 0.15) is 0 Å². The Morgan fingerprint density at radius 2 is 1.75 bits per heavy atom. The molecule has 0 aliphatic carbocycles. The highest BCUT2D eigenvalue weighted by atomic mass is 32.2. The van der Waals surface area contributed by atoms with Crippen LogP contribution in [0.5, 0.6) is 0 Å². The van der Waals surface area contributed by atoms with Crippen molar-refractivity contribution in [1.82, 2.24) is 4.90 Å².